The van der Waals surface area contributed by atoms with Crippen LogP contribution < -0.4 is 0 Å². The summed E-state index contributed by atoms with van der Waals surface area (Å²) in [7, 11) is 0. The first-order chi connectivity index (χ1) is 4.22. The van der Waals surface area contributed by atoms with Gasteiger partial charge >= 0.3 is 0 Å². The summed E-state index contributed by atoms with van der Waals surface area (Å²) in [6.45, 7) is 0. The molecule has 0 bridgehead atoms. The lowest BCUT2D eigenvalue weighted by atomic mass is 10.4. The third kappa shape index (κ3) is 0.415. The highest BCUT2D eigenvalue weighted by Crippen LogP contribution is 2.46. The number of hydrogen-bond donors (Lipinski definition) is 1. The van der Waals surface area contributed by atoms with E-state index in [2.05, 4.69) is 0 Å². The molecular weight excluding hydrogens is 122 g/mol. The zero-order chi connectivity index (χ0) is 6.59. The fourth-order valence-corrected chi connectivity index (χ4v) is 1.16. The highest BCUT2D eigenvalue weighted by Gasteiger charge is 2.59. The molecule has 1 saturated heterocycles. The quantitative estimate of drug-likeness (QED) is 0.348. The molecule has 4 nitrogen and oxygen atoms in total. The first kappa shape index (κ1) is 4.93. The molecular formula is C5H5NO3. The highest BCUT2D eigenvalue weighted by atomic mass is 16.5. The Morgan fingerprint density at radius 2 is 1.78 bits per heavy atom. The summed E-state index contributed by atoms with van der Waals surface area (Å²) in [5.74, 6) is -1.21. The maximum absolute atomic E-state index is 10.6. The van der Waals surface area contributed by atoms with Crippen LogP contribution in [0.1, 0.15) is 6.42 Å². The summed E-state index contributed by atoms with van der Waals surface area (Å²) < 4.78 is 0. The fourth-order valence-electron chi connectivity index (χ4n) is 1.16. The van der Waals surface area contributed by atoms with Gasteiger partial charge < -0.3 is 0 Å². The van der Waals surface area contributed by atoms with E-state index in [1.807, 2.05) is 0 Å². The van der Waals surface area contributed by atoms with Gasteiger partial charge in [0.15, 0.2) is 0 Å². The molecule has 1 saturated carbocycles. The van der Waals surface area contributed by atoms with E-state index in [0.29, 0.717) is 6.42 Å². The minimum absolute atomic E-state index is 0.178. The molecule has 1 N–H and O–H groups in total. The molecule has 0 spiro atoms. The van der Waals surface area contributed by atoms with Crippen molar-refractivity contribution in [3.63, 3.8) is 0 Å². The van der Waals surface area contributed by atoms with Crippen LogP contribution in [0.4, 0.5) is 0 Å². The molecule has 2 rings (SSSR count). The summed E-state index contributed by atoms with van der Waals surface area (Å²) in [4.78, 5) is 21.2. The van der Waals surface area contributed by atoms with E-state index in [-0.39, 0.29) is 16.9 Å². The number of amides is 2. The predicted octanol–water partition coefficient (Wildman–Crippen LogP) is -0.619. The van der Waals surface area contributed by atoms with Crippen molar-refractivity contribution in [3.8, 4) is 0 Å². The summed E-state index contributed by atoms with van der Waals surface area (Å²) in [5.41, 5.74) is 0. The second-order valence-corrected chi connectivity index (χ2v) is 2.44. The first-order valence-corrected chi connectivity index (χ1v) is 2.78. The van der Waals surface area contributed by atoms with Gasteiger partial charge in [0, 0.05) is 0 Å². The average molecular weight is 127 g/mol. The Hall–Kier alpha value is -0.900. The van der Waals surface area contributed by atoms with Crippen LogP contribution in [0, 0.1) is 11.8 Å². The number of carbonyl (C=O) groups is 2. The second kappa shape index (κ2) is 1.16. The van der Waals surface area contributed by atoms with Crippen molar-refractivity contribution < 1.29 is 14.8 Å². The van der Waals surface area contributed by atoms with Gasteiger partial charge in [0.05, 0.1) is 11.8 Å². The predicted molar refractivity (Wildman–Crippen MR) is 25.2 cm³/mol. The Bertz CT molecular complexity index is 180. The number of rotatable bonds is 0. The van der Waals surface area contributed by atoms with Crippen molar-refractivity contribution in [2.75, 3.05) is 0 Å². The molecule has 1 aliphatic carbocycles. The number of fused-ring (bicyclic) bond motifs is 1. The smallest absolute Gasteiger partial charge is 0.257 e. The zero-order valence-corrected chi connectivity index (χ0v) is 4.57. The van der Waals surface area contributed by atoms with Crippen molar-refractivity contribution in [3.05, 3.63) is 0 Å². The number of hydrogen-bond acceptors (Lipinski definition) is 3. The fraction of sp³-hybridized carbons (Fsp3) is 0.600. The molecule has 0 aromatic heterocycles. The molecule has 1 heterocycles. The lowest BCUT2D eigenvalue weighted by Gasteiger charge is -2.03. The van der Waals surface area contributed by atoms with Gasteiger partial charge in [-0.1, -0.05) is 0 Å². The van der Waals surface area contributed by atoms with Crippen LogP contribution in [-0.2, 0) is 9.59 Å². The number of piperidine rings is 1. The maximum atomic E-state index is 10.6. The second-order valence-electron chi connectivity index (χ2n) is 2.44. The molecule has 48 valence electrons. The molecule has 2 atom stereocenters. The number of carbonyl (C=O) groups excluding carboxylic acids is 2. The van der Waals surface area contributed by atoms with Crippen molar-refractivity contribution in [1.29, 1.82) is 0 Å². The van der Waals surface area contributed by atoms with Crippen molar-refractivity contribution in [2.24, 2.45) is 11.8 Å². The Morgan fingerprint density at radius 1 is 1.33 bits per heavy atom. The van der Waals surface area contributed by atoms with Crippen LogP contribution in [0.3, 0.4) is 0 Å². The molecule has 0 aromatic rings. The standard InChI is InChI=1S/C5H5NO3/c7-4-2-1-3(2)5(8)6(4)9/h2-3,9H,1H2. The van der Waals surface area contributed by atoms with E-state index in [1.54, 1.807) is 0 Å². The molecule has 9 heavy (non-hydrogen) atoms. The zero-order valence-electron chi connectivity index (χ0n) is 4.57. The Kier molecular flexibility index (Phi) is 0.635. The Morgan fingerprint density at radius 3 is 2.00 bits per heavy atom. The number of hydroxylamine groups is 2. The summed E-state index contributed by atoms with van der Waals surface area (Å²) in [6, 6.07) is 0. The summed E-state index contributed by atoms with van der Waals surface area (Å²) in [5, 5.41) is 8.84. The number of imide groups is 1. The highest BCUT2D eigenvalue weighted by molar-refractivity contribution is 6.07. The third-order valence-corrected chi connectivity index (χ3v) is 1.84. The molecule has 0 aromatic carbocycles. The van der Waals surface area contributed by atoms with Gasteiger partial charge in [-0.05, 0) is 6.42 Å². The molecule has 2 aliphatic rings. The van der Waals surface area contributed by atoms with Crippen LogP contribution in [0.15, 0.2) is 0 Å². The molecule has 0 radical (unpaired) electrons. The van der Waals surface area contributed by atoms with Gasteiger partial charge in [0.25, 0.3) is 11.8 Å². The van der Waals surface area contributed by atoms with E-state index < -0.39 is 11.8 Å². The SMILES string of the molecule is O=C1C2CC2C(=O)N1O. The Labute approximate surface area is 51.0 Å². The monoisotopic (exact) mass is 127 g/mol. The van der Waals surface area contributed by atoms with Gasteiger partial charge in [-0.15, -0.1) is 0 Å². The maximum Gasteiger partial charge on any atom is 0.257 e. The largest absolute Gasteiger partial charge is 0.278 e. The normalized spacial score (nSPS) is 39.4. The molecule has 2 fully saturated rings. The van der Waals surface area contributed by atoms with E-state index >= 15 is 0 Å². The topological polar surface area (TPSA) is 57.6 Å². The van der Waals surface area contributed by atoms with Gasteiger partial charge in [-0.2, -0.15) is 5.06 Å². The van der Waals surface area contributed by atoms with E-state index in [1.165, 1.54) is 0 Å². The van der Waals surface area contributed by atoms with Crippen molar-refractivity contribution >= 4 is 11.8 Å². The average Bonchev–Trinajstić information content (AvgIpc) is 2.56. The lowest BCUT2D eigenvalue weighted by Crippen LogP contribution is -2.28. The minimum Gasteiger partial charge on any atom is -0.278 e. The van der Waals surface area contributed by atoms with Gasteiger partial charge in [-0.25, -0.2) is 0 Å². The van der Waals surface area contributed by atoms with Crippen LogP contribution in [0.2, 0.25) is 0 Å². The molecule has 1 aliphatic heterocycles. The van der Waals surface area contributed by atoms with E-state index in [9.17, 15) is 9.59 Å². The molecule has 4 heteroatoms. The first-order valence-electron chi connectivity index (χ1n) is 2.78. The third-order valence-electron chi connectivity index (χ3n) is 1.84. The molecule has 2 unspecified atom stereocenters. The van der Waals surface area contributed by atoms with Crippen molar-refractivity contribution in [1.82, 2.24) is 5.06 Å². The summed E-state index contributed by atoms with van der Waals surface area (Å²) in [6.07, 6.45) is 0.648. The van der Waals surface area contributed by atoms with E-state index in [4.69, 9.17) is 5.21 Å². The lowest BCUT2D eigenvalue weighted by molar-refractivity contribution is -0.174. The van der Waals surface area contributed by atoms with Gasteiger partial charge in [-0.3, -0.25) is 14.8 Å². The van der Waals surface area contributed by atoms with Crippen LogP contribution >= 0.6 is 0 Å². The molecule has 2 amide bonds. The van der Waals surface area contributed by atoms with Crippen LogP contribution in [0.5, 0.6) is 0 Å². The Balaban J connectivity index is 2.33. The number of nitrogens with zero attached hydrogens (tertiary/aromatic N) is 1. The van der Waals surface area contributed by atoms with Crippen LogP contribution in [0.25, 0.3) is 0 Å². The van der Waals surface area contributed by atoms with Gasteiger partial charge in [0.2, 0.25) is 0 Å². The van der Waals surface area contributed by atoms with E-state index in [0.717, 1.165) is 0 Å². The van der Waals surface area contributed by atoms with Gasteiger partial charge in [0.1, 0.15) is 0 Å². The van der Waals surface area contributed by atoms with Crippen LogP contribution in [-0.4, -0.2) is 22.1 Å². The summed E-state index contributed by atoms with van der Waals surface area (Å²) >= 11 is 0. The van der Waals surface area contributed by atoms with Crippen molar-refractivity contribution in [2.45, 2.75) is 6.42 Å². The minimum atomic E-state index is -0.426.